The predicted octanol–water partition coefficient (Wildman–Crippen LogP) is 2.62. The van der Waals surface area contributed by atoms with Crippen LogP contribution in [-0.2, 0) is 5.54 Å². The molecule has 1 fully saturated rings. The first-order valence-corrected chi connectivity index (χ1v) is 8.35. The zero-order chi connectivity index (χ0) is 17.8. The van der Waals surface area contributed by atoms with Gasteiger partial charge in [0.15, 0.2) is 11.3 Å². The van der Waals surface area contributed by atoms with E-state index in [2.05, 4.69) is 25.6 Å². The highest BCUT2D eigenvalue weighted by atomic mass is 16.2. The standard InChI is InChI=1S/C17H21N7O/c1-17(2,3)24-15-13(10(18)6-7-19-15)14(23-24)16(25)20-12-8-11(21-22-12)9-4-5-9/h6-9H,4-5H2,1-3H3,(H2,18,19)(H2,20,21,22,25). The molecule has 4 N–H and O–H groups in total. The maximum atomic E-state index is 12.8. The van der Waals surface area contributed by atoms with E-state index in [0.717, 1.165) is 18.5 Å². The second kappa shape index (κ2) is 5.30. The summed E-state index contributed by atoms with van der Waals surface area (Å²) in [7, 11) is 0. The second-order valence-electron chi connectivity index (χ2n) is 7.46. The molecule has 0 radical (unpaired) electrons. The summed E-state index contributed by atoms with van der Waals surface area (Å²) in [6.45, 7) is 6.01. The molecule has 4 rings (SSSR count). The van der Waals surface area contributed by atoms with Crippen molar-refractivity contribution in [1.82, 2.24) is 25.0 Å². The molecule has 0 bridgehead atoms. The van der Waals surface area contributed by atoms with Crippen LogP contribution in [0.4, 0.5) is 11.5 Å². The monoisotopic (exact) mass is 339 g/mol. The van der Waals surface area contributed by atoms with Crippen molar-refractivity contribution in [3.8, 4) is 0 Å². The number of nitrogens with two attached hydrogens (primary N) is 1. The Hall–Kier alpha value is -2.90. The lowest BCUT2D eigenvalue weighted by Crippen LogP contribution is -2.24. The van der Waals surface area contributed by atoms with Crippen LogP contribution in [0.1, 0.15) is 55.7 Å². The van der Waals surface area contributed by atoms with Crippen LogP contribution in [0.5, 0.6) is 0 Å². The molecular formula is C17H21N7O. The number of anilines is 2. The van der Waals surface area contributed by atoms with Crippen LogP contribution >= 0.6 is 0 Å². The van der Waals surface area contributed by atoms with Crippen molar-refractivity contribution in [2.24, 2.45) is 0 Å². The Morgan fingerprint density at radius 3 is 2.84 bits per heavy atom. The number of fused-ring (bicyclic) bond motifs is 1. The fourth-order valence-electron chi connectivity index (χ4n) is 2.86. The lowest BCUT2D eigenvalue weighted by atomic mass is 10.1. The highest BCUT2D eigenvalue weighted by molar-refractivity contribution is 6.13. The van der Waals surface area contributed by atoms with Crippen molar-refractivity contribution >= 4 is 28.4 Å². The minimum absolute atomic E-state index is 0.262. The van der Waals surface area contributed by atoms with E-state index in [1.165, 1.54) is 0 Å². The maximum Gasteiger partial charge on any atom is 0.278 e. The maximum absolute atomic E-state index is 12.8. The van der Waals surface area contributed by atoms with Crippen LogP contribution < -0.4 is 11.1 Å². The summed E-state index contributed by atoms with van der Waals surface area (Å²) in [6.07, 6.45) is 3.93. The van der Waals surface area contributed by atoms with Crippen LogP contribution in [0, 0.1) is 0 Å². The van der Waals surface area contributed by atoms with Crippen LogP contribution in [-0.4, -0.2) is 30.9 Å². The van der Waals surface area contributed by atoms with Gasteiger partial charge in [0.25, 0.3) is 5.91 Å². The normalized spacial score (nSPS) is 14.8. The fourth-order valence-corrected chi connectivity index (χ4v) is 2.86. The average Bonchev–Trinajstić information content (AvgIpc) is 3.13. The van der Waals surface area contributed by atoms with Gasteiger partial charge in [-0.25, -0.2) is 9.67 Å². The van der Waals surface area contributed by atoms with Gasteiger partial charge in [0.2, 0.25) is 0 Å². The number of H-pyrrole nitrogens is 1. The topological polar surface area (TPSA) is 115 Å². The van der Waals surface area contributed by atoms with E-state index >= 15 is 0 Å². The van der Waals surface area contributed by atoms with Crippen LogP contribution in [0.3, 0.4) is 0 Å². The number of aromatic nitrogens is 5. The number of hydrogen-bond acceptors (Lipinski definition) is 5. The number of carbonyl (C=O) groups excluding carboxylic acids is 1. The van der Waals surface area contributed by atoms with E-state index in [1.54, 1.807) is 16.9 Å². The molecule has 0 aliphatic heterocycles. The summed E-state index contributed by atoms with van der Waals surface area (Å²) < 4.78 is 1.73. The zero-order valence-electron chi connectivity index (χ0n) is 14.5. The minimum Gasteiger partial charge on any atom is -0.398 e. The van der Waals surface area contributed by atoms with Gasteiger partial charge in [-0.1, -0.05) is 0 Å². The van der Waals surface area contributed by atoms with E-state index in [9.17, 15) is 4.79 Å². The van der Waals surface area contributed by atoms with Crippen molar-refractivity contribution in [2.75, 3.05) is 11.1 Å². The number of nitrogen functional groups attached to an aromatic ring is 1. The quantitative estimate of drug-likeness (QED) is 0.678. The van der Waals surface area contributed by atoms with Gasteiger partial charge < -0.3 is 11.1 Å². The summed E-state index contributed by atoms with van der Waals surface area (Å²) in [5.74, 6) is 0.745. The SMILES string of the molecule is CC(C)(C)n1nc(C(=O)Nc2cc(C3CC3)n[nH]2)c2c(N)ccnc21. The Balaban J connectivity index is 1.73. The summed E-state index contributed by atoms with van der Waals surface area (Å²) in [6, 6.07) is 3.55. The molecule has 0 unspecified atom stereocenters. The molecule has 0 spiro atoms. The number of hydrogen-bond donors (Lipinski definition) is 3. The number of carbonyl (C=O) groups is 1. The smallest absolute Gasteiger partial charge is 0.278 e. The number of aromatic amines is 1. The molecule has 0 atom stereocenters. The number of amides is 1. The molecule has 1 saturated carbocycles. The third kappa shape index (κ3) is 2.73. The Morgan fingerprint density at radius 1 is 1.40 bits per heavy atom. The Morgan fingerprint density at radius 2 is 2.16 bits per heavy atom. The third-order valence-corrected chi connectivity index (χ3v) is 4.29. The molecule has 8 heteroatoms. The van der Waals surface area contributed by atoms with Crippen LogP contribution in [0.2, 0.25) is 0 Å². The first kappa shape index (κ1) is 15.6. The first-order chi connectivity index (χ1) is 11.8. The Labute approximate surface area is 144 Å². The van der Waals surface area contributed by atoms with Crippen LogP contribution in [0.25, 0.3) is 11.0 Å². The summed E-state index contributed by atoms with van der Waals surface area (Å²) in [5, 5.41) is 15.0. The lowest BCUT2D eigenvalue weighted by Gasteiger charge is -2.19. The predicted molar refractivity (Wildman–Crippen MR) is 95.5 cm³/mol. The molecule has 3 aromatic heterocycles. The van der Waals surface area contributed by atoms with Gasteiger partial charge in [-0.15, -0.1) is 0 Å². The summed E-state index contributed by atoms with van der Waals surface area (Å²) in [4.78, 5) is 17.2. The van der Waals surface area contributed by atoms with E-state index in [0.29, 0.717) is 28.5 Å². The number of nitrogens with zero attached hydrogens (tertiary/aromatic N) is 4. The highest BCUT2D eigenvalue weighted by Gasteiger charge is 2.28. The van der Waals surface area contributed by atoms with Gasteiger partial charge in [-0.2, -0.15) is 10.2 Å². The van der Waals surface area contributed by atoms with Crippen molar-refractivity contribution in [2.45, 2.75) is 45.1 Å². The van der Waals surface area contributed by atoms with Gasteiger partial charge in [0.05, 0.1) is 16.6 Å². The molecular weight excluding hydrogens is 318 g/mol. The molecule has 25 heavy (non-hydrogen) atoms. The molecule has 1 amide bonds. The summed E-state index contributed by atoms with van der Waals surface area (Å²) >= 11 is 0. The molecule has 1 aliphatic carbocycles. The van der Waals surface area contributed by atoms with Gasteiger partial charge in [-0.3, -0.25) is 9.89 Å². The number of rotatable bonds is 3. The molecule has 130 valence electrons. The Kier molecular flexibility index (Phi) is 3.31. The van der Waals surface area contributed by atoms with Gasteiger partial charge in [0.1, 0.15) is 5.82 Å². The number of pyridine rings is 1. The van der Waals surface area contributed by atoms with E-state index in [1.807, 2.05) is 26.8 Å². The zero-order valence-corrected chi connectivity index (χ0v) is 14.5. The highest BCUT2D eigenvalue weighted by Crippen LogP contribution is 2.39. The van der Waals surface area contributed by atoms with E-state index in [-0.39, 0.29) is 17.1 Å². The second-order valence-corrected chi connectivity index (χ2v) is 7.46. The molecule has 8 nitrogen and oxygen atoms in total. The molecule has 3 aromatic rings. The van der Waals surface area contributed by atoms with Crippen molar-refractivity contribution in [1.29, 1.82) is 0 Å². The van der Waals surface area contributed by atoms with Gasteiger partial charge in [0, 0.05) is 23.9 Å². The third-order valence-electron chi connectivity index (χ3n) is 4.29. The number of nitrogens with one attached hydrogen (secondary N) is 2. The first-order valence-electron chi connectivity index (χ1n) is 8.35. The fraction of sp³-hybridized carbons (Fsp3) is 0.412. The Bertz CT molecular complexity index is 959. The average molecular weight is 339 g/mol. The van der Waals surface area contributed by atoms with Crippen molar-refractivity contribution < 1.29 is 4.79 Å². The van der Waals surface area contributed by atoms with Crippen molar-refractivity contribution in [3.63, 3.8) is 0 Å². The minimum atomic E-state index is -0.335. The molecule has 1 aliphatic rings. The largest absolute Gasteiger partial charge is 0.398 e. The summed E-state index contributed by atoms with van der Waals surface area (Å²) in [5.41, 5.74) is 8.10. The van der Waals surface area contributed by atoms with E-state index < -0.39 is 0 Å². The molecule has 0 aromatic carbocycles. The molecule has 3 heterocycles. The van der Waals surface area contributed by atoms with Gasteiger partial charge >= 0.3 is 0 Å². The molecule has 0 saturated heterocycles. The van der Waals surface area contributed by atoms with Crippen LogP contribution in [0.15, 0.2) is 18.3 Å². The van der Waals surface area contributed by atoms with E-state index in [4.69, 9.17) is 5.73 Å². The van der Waals surface area contributed by atoms with Gasteiger partial charge in [-0.05, 0) is 39.7 Å². The van der Waals surface area contributed by atoms with Crippen molar-refractivity contribution in [3.05, 3.63) is 29.7 Å². The lowest BCUT2D eigenvalue weighted by molar-refractivity contribution is 0.102.